The van der Waals surface area contributed by atoms with Crippen LogP contribution in [0.4, 0.5) is 5.69 Å². The Morgan fingerprint density at radius 1 is 0.968 bits per heavy atom. The molecule has 1 aliphatic heterocycles. The van der Waals surface area contributed by atoms with Gasteiger partial charge in [0.1, 0.15) is 12.0 Å². The largest absolute Gasteiger partial charge is 0.490 e. The third-order valence-electron chi connectivity index (χ3n) is 4.81. The van der Waals surface area contributed by atoms with Crippen molar-refractivity contribution in [3.8, 4) is 11.5 Å². The van der Waals surface area contributed by atoms with Crippen molar-refractivity contribution in [1.29, 1.82) is 0 Å². The van der Waals surface area contributed by atoms with E-state index in [4.69, 9.17) is 32.7 Å². The molecule has 160 valence electrons. The predicted molar refractivity (Wildman–Crippen MR) is 128 cm³/mol. The number of hydrogen-bond donors (Lipinski definition) is 0. The van der Waals surface area contributed by atoms with Crippen molar-refractivity contribution in [2.75, 3.05) is 17.3 Å². The van der Waals surface area contributed by atoms with Crippen molar-refractivity contribution in [3.63, 3.8) is 0 Å². The zero-order valence-electron chi connectivity index (χ0n) is 16.9. The fourth-order valence-corrected chi connectivity index (χ4v) is 4.91. The van der Waals surface area contributed by atoms with E-state index in [1.54, 1.807) is 28.8 Å². The van der Waals surface area contributed by atoms with Gasteiger partial charge in [0, 0.05) is 15.7 Å². The third kappa shape index (κ3) is 5.12. The van der Waals surface area contributed by atoms with Gasteiger partial charge in [0.25, 0.3) is 0 Å². The molecule has 4 nitrogen and oxygen atoms in total. The van der Waals surface area contributed by atoms with Crippen LogP contribution < -0.4 is 14.4 Å². The van der Waals surface area contributed by atoms with Gasteiger partial charge in [0.05, 0.1) is 12.4 Å². The van der Waals surface area contributed by atoms with E-state index in [2.05, 4.69) is 0 Å². The smallest absolute Gasteiger partial charge is 0.238 e. The van der Waals surface area contributed by atoms with E-state index >= 15 is 0 Å². The number of benzene rings is 3. The number of halogens is 2. The first-order chi connectivity index (χ1) is 15.0. The summed E-state index contributed by atoms with van der Waals surface area (Å²) in [4.78, 5) is 14.4. The lowest BCUT2D eigenvalue weighted by molar-refractivity contribution is -0.115. The molecule has 0 aliphatic carbocycles. The van der Waals surface area contributed by atoms with E-state index in [-0.39, 0.29) is 11.3 Å². The van der Waals surface area contributed by atoms with Crippen LogP contribution in [0.25, 0.3) is 0 Å². The van der Waals surface area contributed by atoms with Gasteiger partial charge in [-0.3, -0.25) is 9.69 Å². The molecule has 1 atom stereocenters. The highest BCUT2D eigenvalue weighted by atomic mass is 35.5. The summed E-state index contributed by atoms with van der Waals surface area (Å²) in [5, 5.41) is 1.17. The molecule has 1 heterocycles. The second-order valence-electron chi connectivity index (χ2n) is 6.96. The summed E-state index contributed by atoms with van der Waals surface area (Å²) in [6, 6.07) is 20.7. The van der Waals surface area contributed by atoms with E-state index in [9.17, 15) is 4.79 Å². The molecular weight excluding hydrogens is 453 g/mol. The monoisotopic (exact) mass is 473 g/mol. The van der Waals surface area contributed by atoms with Gasteiger partial charge in [-0.2, -0.15) is 0 Å². The zero-order valence-corrected chi connectivity index (χ0v) is 19.2. The highest BCUT2D eigenvalue weighted by molar-refractivity contribution is 8.00. The van der Waals surface area contributed by atoms with Crippen molar-refractivity contribution < 1.29 is 14.3 Å². The first-order valence-corrected chi connectivity index (χ1v) is 11.7. The highest BCUT2D eigenvalue weighted by Crippen LogP contribution is 2.44. The lowest BCUT2D eigenvalue weighted by Gasteiger charge is -2.25. The van der Waals surface area contributed by atoms with Crippen LogP contribution in [-0.4, -0.2) is 18.3 Å². The van der Waals surface area contributed by atoms with Crippen molar-refractivity contribution >= 4 is 46.6 Å². The number of hydrogen-bond acceptors (Lipinski definition) is 4. The minimum atomic E-state index is -0.144. The Hall–Kier alpha value is -2.34. The fraction of sp³-hybridized carbons (Fsp3) is 0.208. The minimum absolute atomic E-state index is 0.0663. The van der Waals surface area contributed by atoms with Gasteiger partial charge in [0.2, 0.25) is 5.91 Å². The maximum atomic E-state index is 12.6. The van der Waals surface area contributed by atoms with E-state index in [0.717, 1.165) is 16.8 Å². The van der Waals surface area contributed by atoms with Gasteiger partial charge in [-0.05, 0) is 66.6 Å². The Balaban J connectivity index is 1.58. The van der Waals surface area contributed by atoms with Crippen LogP contribution in [0.2, 0.25) is 10.0 Å². The topological polar surface area (TPSA) is 38.8 Å². The van der Waals surface area contributed by atoms with Crippen LogP contribution in [0.5, 0.6) is 11.5 Å². The number of rotatable bonds is 7. The SMILES string of the molecule is CCOc1cc([C@H]2SCC(=O)N2c2ccc(Cl)cc2)ccc1OCc1cccc(Cl)c1. The maximum absolute atomic E-state index is 12.6. The van der Waals surface area contributed by atoms with Gasteiger partial charge in [0.15, 0.2) is 11.5 Å². The summed E-state index contributed by atoms with van der Waals surface area (Å²) in [5.41, 5.74) is 2.78. The van der Waals surface area contributed by atoms with Crippen molar-refractivity contribution in [1.82, 2.24) is 0 Å². The molecule has 3 aromatic carbocycles. The Kier molecular flexibility index (Phi) is 6.96. The average Bonchev–Trinajstić information content (AvgIpc) is 3.15. The van der Waals surface area contributed by atoms with E-state index < -0.39 is 0 Å². The Bertz CT molecular complexity index is 1070. The third-order valence-corrected chi connectivity index (χ3v) is 6.51. The van der Waals surface area contributed by atoms with Gasteiger partial charge in [-0.15, -0.1) is 11.8 Å². The second kappa shape index (κ2) is 9.86. The van der Waals surface area contributed by atoms with Crippen LogP contribution in [0, 0.1) is 0 Å². The molecule has 0 saturated carbocycles. The molecular formula is C24H21Cl2NO3S. The maximum Gasteiger partial charge on any atom is 0.238 e. The minimum Gasteiger partial charge on any atom is -0.490 e. The Morgan fingerprint density at radius 2 is 1.77 bits per heavy atom. The zero-order chi connectivity index (χ0) is 21.8. The van der Waals surface area contributed by atoms with Crippen LogP contribution in [0.3, 0.4) is 0 Å². The van der Waals surface area contributed by atoms with E-state index in [0.29, 0.717) is 40.5 Å². The van der Waals surface area contributed by atoms with Gasteiger partial charge >= 0.3 is 0 Å². The molecule has 0 radical (unpaired) electrons. The summed E-state index contributed by atoms with van der Waals surface area (Å²) < 4.78 is 11.9. The molecule has 1 saturated heterocycles. The molecule has 7 heteroatoms. The average molecular weight is 474 g/mol. The Labute approximate surface area is 196 Å². The van der Waals surface area contributed by atoms with Crippen LogP contribution >= 0.6 is 35.0 Å². The summed E-state index contributed by atoms with van der Waals surface area (Å²) in [7, 11) is 0. The first-order valence-electron chi connectivity index (χ1n) is 9.88. The molecule has 1 aliphatic rings. The number of amides is 1. The van der Waals surface area contributed by atoms with Crippen LogP contribution in [0.1, 0.15) is 23.4 Å². The number of carbonyl (C=O) groups excluding carboxylic acids is 1. The molecule has 1 fully saturated rings. The number of anilines is 1. The molecule has 0 unspecified atom stereocenters. The van der Waals surface area contributed by atoms with Crippen molar-refractivity contribution in [3.05, 3.63) is 87.9 Å². The first kappa shape index (κ1) is 21.9. The number of ether oxygens (including phenoxy) is 2. The summed E-state index contributed by atoms with van der Waals surface area (Å²) in [6.45, 7) is 2.82. The van der Waals surface area contributed by atoms with Crippen LogP contribution in [-0.2, 0) is 11.4 Å². The van der Waals surface area contributed by atoms with Gasteiger partial charge in [-0.1, -0.05) is 41.4 Å². The quantitative estimate of drug-likeness (QED) is 0.380. The highest BCUT2D eigenvalue weighted by Gasteiger charge is 2.34. The summed E-state index contributed by atoms with van der Waals surface area (Å²) in [6.07, 6.45) is 0. The molecule has 0 aromatic heterocycles. The second-order valence-corrected chi connectivity index (χ2v) is 8.90. The molecule has 0 spiro atoms. The lowest BCUT2D eigenvalue weighted by Crippen LogP contribution is -2.27. The lowest BCUT2D eigenvalue weighted by atomic mass is 10.1. The summed E-state index contributed by atoms with van der Waals surface area (Å²) in [5.74, 6) is 1.79. The standard InChI is InChI=1S/C24H21Cl2NO3S/c1-2-29-22-13-17(6-11-21(22)30-14-16-4-3-5-19(26)12-16)24-27(23(28)15-31-24)20-9-7-18(25)8-10-20/h3-13,24H,2,14-15H2,1H3/t24-/m1/s1. The van der Waals surface area contributed by atoms with Gasteiger partial charge < -0.3 is 9.47 Å². The molecule has 1 amide bonds. The molecule has 3 aromatic rings. The fourth-order valence-electron chi connectivity index (χ4n) is 3.41. The number of thioether (sulfide) groups is 1. The van der Waals surface area contributed by atoms with Gasteiger partial charge in [-0.25, -0.2) is 0 Å². The molecule has 0 N–H and O–H groups in total. The van der Waals surface area contributed by atoms with E-state index in [1.807, 2.05) is 61.5 Å². The van der Waals surface area contributed by atoms with Crippen molar-refractivity contribution in [2.24, 2.45) is 0 Å². The molecule has 31 heavy (non-hydrogen) atoms. The number of carbonyl (C=O) groups is 1. The van der Waals surface area contributed by atoms with Crippen LogP contribution in [0.15, 0.2) is 66.7 Å². The van der Waals surface area contributed by atoms with Crippen molar-refractivity contribution in [2.45, 2.75) is 18.9 Å². The summed E-state index contributed by atoms with van der Waals surface area (Å²) >= 11 is 13.7. The molecule has 0 bridgehead atoms. The molecule has 4 rings (SSSR count). The predicted octanol–water partition coefficient (Wildman–Crippen LogP) is 6.75. The number of nitrogens with zero attached hydrogens (tertiary/aromatic N) is 1. The Morgan fingerprint density at radius 3 is 2.52 bits per heavy atom. The normalized spacial score (nSPS) is 15.9. The van der Waals surface area contributed by atoms with E-state index in [1.165, 1.54) is 0 Å².